The average molecular weight is 435 g/mol. The molecule has 2 aromatic rings. The number of carbonyl (C=O) groups excluding carboxylic acids is 2. The summed E-state index contributed by atoms with van der Waals surface area (Å²) in [5.74, 6) is 0.309. The van der Waals surface area contributed by atoms with Crippen molar-refractivity contribution in [3.05, 3.63) is 76.1 Å². The van der Waals surface area contributed by atoms with Crippen LogP contribution in [0.3, 0.4) is 0 Å². The van der Waals surface area contributed by atoms with Crippen molar-refractivity contribution in [2.75, 3.05) is 32.8 Å². The van der Waals surface area contributed by atoms with Crippen molar-refractivity contribution in [3.8, 4) is 5.75 Å². The van der Waals surface area contributed by atoms with Crippen molar-refractivity contribution in [1.82, 2.24) is 9.80 Å². The van der Waals surface area contributed by atoms with E-state index in [9.17, 15) is 14.0 Å². The maximum Gasteiger partial charge on any atom is 0.261 e. The number of imide groups is 1. The zero-order chi connectivity index (χ0) is 22.1. The highest BCUT2D eigenvalue weighted by Crippen LogP contribution is 2.33. The second kappa shape index (κ2) is 8.87. The first kappa shape index (κ1) is 20.9. The summed E-state index contributed by atoms with van der Waals surface area (Å²) >= 11 is 0. The number of ether oxygens (including phenoxy) is 1. The Morgan fingerprint density at radius 1 is 0.938 bits per heavy atom. The number of hydrogen-bond donors (Lipinski definition) is 0. The molecule has 0 atom stereocenters. The van der Waals surface area contributed by atoms with Gasteiger partial charge in [0.05, 0.1) is 11.1 Å². The Morgan fingerprint density at radius 3 is 2.47 bits per heavy atom. The topological polar surface area (TPSA) is 49.9 Å². The van der Waals surface area contributed by atoms with Crippen LogP contribution in [0.4, 0.5) is 4.39 Å². The number of carbonyl (C=O) groups is 2. The third kappa shape index (κ3) is 3.95. The van der Waals surface area contributed by atoms with Crippen molar-refractivity contribution in [3.63, 3.8) is 0 Å². The van der Waals surface area contributed by atoms with E-state index in [2.05, 4.69) is 11.0 Å². The van der Waals surface area contributed by atoms with E-state index in [0.717, 1.165) is 68.6 Å². The fraction of sp³-hybridized carbons (Fsp3) is 0.385. The minimum absolute atomic E-state index is 0.119. The molecule has 0 aromatic heterocycles. The standard InChI is InChI=1S/C26H27FN2O3/c27-23-11-12-24(20-10-3-9-19(20)23)32-17-18-6-4-13-28(16-18)14-5-15-29-25(30)21-7-1-2-8-22(21)26(29)31/h1-2,6-8,11-12H,3-5,9-10,13-17H2. The maximum atomic E-state index is 14.0. The lowest BCUT2D eigenvalue weighted by molar-refractivity contribution is 0.0647. The Bertz CT molecular complexity index is 1060. The van der Waals surface area contributed by atoms with E-state index in [0.29, 0.717) is 24.3 Å². The molecule has 0 N–H and O–H groups in total. The Morgan fingerprint density at radius 2 is 1.69 bits per heavy atom. The summed E-state index contributed by atoms with van der Waals surface area (Å²) in [6.07, 6.45) is 6.58. The van der Waals surface area contributed by atoms with Crippen molar-refractivity contribution in [1.29, 1.82) is 0 Å². The molecule has 3 aliphatic rings. The van der Waals surface area contributed by atoms with E-state index in [1.54, 1.807) is 30.3 Å². The smallest absolute Gasteiger partial charge is 0.261 e. The van der Waals surface area contributed by atoms with Gasteiger partial charge in [0.1, 0.15) is 18.2 Å². The van der Waals surface area contributed by atoms with E-state index in [1.807, 2.05) is 0 Å². The minimum Gasteiger partial charge on any atom is -0.489 e. The summed E-state index contributed by atoms with van der Waals surface area (Å²) in [5.41, 5.74) is 4.07. The molecular weight excluding hydrogens is 407 g/mol. The monoisotopic (exact) mass is 434 g/mol. The highest BCUT2D eigenvalue weighted by atomic mass is 19.1. The number of nitrogens with zero attached hydrogens (tertiary/aromatic N) is 2. The fourth-order valence-corrected chi connectivity index (χ4v) is 5.01. The van der Waals surface area contributed by atoms with Gasteiger partial charge in [-0.25, -0.2) is 4.39 Å². The van der Waals surface area contributed by atoms with Crippen LogP contribution < -0.4 is 4.74 Å². The van der Waals surface area contributed by atoms with Crippen LogP contribution in [-0.4, -0.2) is 54.4 Å². The molecule has 6 heteroatoms. The predicted octanol–water partition coefficient (Wildman–Crippen LogP) is 4.01. The van der Waals surface area contributed by atoms with E-state index in [1.165, 1.54) is 16.5 Å². The highest BCUT2D eigenvalue weighted by molar-refractivity contribution is 6.21. The van der Waals surface area contributed by atoms with Crippen LogP contribution in [0.2, 0.25) is 0 Å². The Hall–Kier alpha value is -2.99. The fourth-order valence-electron chi connectivity index (χ4n) is 5.01. The van der Waals surface area contributed by atoms with Gasteiger partial charge in [0, 0.05) is 31.7 Å². The van der Waals surface area contributed by atoms with E-state index >= 15 is 0 Å². The molecule has 32 heavy (non-hydrogen) atoms. The molecule has 0 unspecified atom stereocenters. The Kier molecular flexibility index (Phi) is 5.79. The van der Waals surface area contributed by atoms with Crippen LogP contribution in [0.5, 0.6) is 5.75 Å². The van der Waals surface area contributed by atoms with Crippen LogP contribution in [0.25, 0.3) is 0 Å². The number of benzene rings is 2. The van der Waals surface area contributed by atoms with Gasteiger partial charge in [-0.1, -0.05) is 18.2 Å². The maximum absolute atomic E-state index is 14.0. The first-order chi connectivity index (χ1) is 15.6. The van der Waals surface area contributed by atoms with Gasteiger partial charge in [0.15, 0.2) is 0 Å². The van der Waals surface area contributed by atoms with Crippen LogP contribution in [0.1, 0.15) is 51.1 Å². The van der Waals surface area contributed by atoms with Gasteiger partial charge in [-0.05, 0) is 67.5 Å². The summed E-state index contributed by atoms with van der Waals surface area (Å²) in [7, 11) is 0. The molecule has 166 valence electrons. The van der Waals surface area contributed by atoms with Gasteiger partial charge >= 0.3 is 0 Å². The molecule has 2 amide bonds. The van der Waals surface area contributed by atoms with Crippen LogP contribution in [0.15, 0.2) is 48.0 Å². The zero-order valence-corrected chi connectivity index (χ0v) is 18.1. The molecule has 0 saturated carbocycles. The van der Waals surface area contributed by atoms with E-state index in [4.69, 9.17) is 4.74 Å². The van der Waals surface area contributed by atoms with Gasteiger partial charge in [-0.15, -0.1) is 0 Å². The molecule has 0 saturated heterocycles. The third-order valence-corrected chi connectivity index (χ3v) is 6.64. The lowest BCUT2D eigenvalue weighted by Crippen LogP contribution is -2.36. The molecule has 0 bridgehead atoms. The van der Waals surface area contributed by atoms with E-state index in [-0.39, 0.29) is 17.6 Å². The van der Waals surface area contributed by atoms with Gasteiger partial charge < -0.3 is 4.74 Å². The molecule has 2 heterocycles. The molecule has 0 spiro atoms. The van der Waals surface area contributed by atoms with Gasteiger partial charge in [0.25, 0.3) is 11.8 Å². The number of rotatable bonds is 7. The second-order valence-electron chi connectivity index (χ2n) is 8.73. The predicted molar refractivity (Wildman–Crippen MR) is 119 cm³/mol. The quantitative estimate of drug-likeness (QED) is 0.488. The summed E-state index contributed by atoms with van der Waals surface area (Å²) in [5, 5.41) is 0. The number of amides is 2. The lowest BCUT2D eigenvalue weighted by Gasteiger charge is -2.28. The molecule has 5 rings (SSSR count). The summed E-state index contributed by atoms with van der Waals surface area (Å²) < 4.78 is 20.0. The largest absolute Gasteiger partial charge is 0.489 e. The first-order valence-corrected chi connectivity index (χ1v) is 11.4. The van der Waals surface area contributed by atoms with Crippen LogP contribution in [0, 0.1) is 5.82 Å². The third-order valence-electron chi connectivity index (χ3n) is 6.64. The number of fused-ring (bicyclic) bond motifs is 2. The van der Waals surface area contributed by atoms with Gasteiger partial charge in [0.2, 0.25) is 0 Å². The summed E-state index contributed by atoms with van der Waals surface area (Å²) in [6.45, 7) is 3.52. The summed E-state index contributed by atoms with van der Waals surface area (Å²) in [4.78, 5) is 28.7. The van der Waals surface area contributed by atoms with Crippen molar-refractivity contribution < 1.29 is 18.7 Å². The van der Waals surface area contributed by atoms with Gasteiger partial charge in [-0.3, -0.25) is 19.4 Å². The van der Waals surface area contributed by atoms with Crippen LogP contribution in [-0.2, 0) is 12.8 Å². The second-order valence-corrected chi connectivity index (χ2v) is 8.73. The first-order valence-electron chi connectivity index (χ1n) is 11.4. The minimum atomic E-state index is -0.190. The van der Waals surface area contributed by atoms with Crippen molar-refractivity contribution in [2.24, 2.45) is 0 Å². The van der Waals surface area contributed by atoms with Crippen LogP contribution >= 0.6 is 0 Å². The van der Waals surface area contributed by atoms with Crippen molar-refractivity contribution in [2.45, 2.75) is 32.1 Å². The van der Waals surface area contributed by atoms with E-state index < -0.39 is 0 Å². The molecular formula is C26H27FN2O3. The molecule has 2 aliphatic heterocycles. The molecule has 2 aromatic carbocycles. The highest BCUT2D eigenvalue weighted by Gasteiger charge is 2.34. The molecule has 5 nitrogen and oxygen atoms in total. The Labute approximate surface area is 187 Å². The Balaban J connectivity index is 1.12. The van der Waals surface area contributed by atoms with Gasteiger partial charge in [-0.2, -0.15) is 0 Å². The number of hydrogen-bond acceptors (Lipinski definition) is 4. The summed E-state index contributed by atoms with van der Waals surface area (Å²) in [6, 6.07) is 10.3. The lowest BCUT2D eigenvalue weighted by atomic mass is 10.1. The SMILES string of the molecule is O=C1c2ccccc2C(=O)N1CCCN1CCC=C(COc2ccc(F)c3c2CCC3)C1. The molecule has 0 radical (unpaired) electrons. The molecule has 0 fully saturated rings. The zero-order valence-electron chi connectivity index (χ0n) is 18.1. The normalized spacial score (nSPS) is 18.0. The average Bonchev–Trinajstić information content (AvgIpc) is 3.40. The van der Waals surface area contributed by atoms with Crippen molar-refractivity contribution >= 4 is 11.8 Å². The molecule has 1 aliphatic carbocycles. The number of halogens is 1.